The van der Waals surface area contributed by atoms with Crippen LogP contribution in [0.2, 0.25) is 0 Å². The second kappa shape index (κ2) is 24.5. The molecule has 0 N–H and O–H groups in total. The van der Waals surface area contributed by atoms with E-state index in [2.05, 4.69) is 11.9 Å². The molecule has 2 saturated heterocycles. The zero-order valence-electron chi connectivity index (χ0n) is 34.8. The minimum absolute atomic E-state index is 0.0274. The van der Waals surface area contributed by atoms with Gasteiger partial charge in [-0.2, -0.15) is 10.2 Å². The maximum atomic E-state index is 16.5. The maximum Gasteiger partial charge on any atom is 0.474 e. The number of hydrogen-bond donors (Lipinski definition) is 0. The summed E-state index contributed by atoms with van der Waals surface area (Å²) >= 11 is 0.912. The summed E-state index contributed by atoms with van der Waals surface area (Å²) in [7, 11) is -1.47. The Morgan fingerprint density at radius 3 is 2.23 bits per heavy atom. The van der Waals surface area contributed by atoms with Gasteiger partial charge >= 0.3 is 25.5 Å². The van der Waals surface area contributed by atoms with Crippen LogP contribution in [0.25, 0.3) is 0 Å². The summed E-state index contributed by atoms with van der Waals surface area (Å²) in [4.78, 5) is 55.0. The molecule has 3 aromatic rings. The number of thioether (sulfide) groups is 1. The first-order valence-electron chi connectivity index (χ1n) is 20.1. The fourth-order valence-corrected chi connectivity index (χ4v) is 11.3. The van der Waals surface area contributed by atoms with E-state index in [1.54, 1.807) is 48.5 Å². The summed E-state index contributed by atoms with van der Waals surface area (Å²) in [5.74, 6) is -0.357. The van der Waals surface area contributed by atoms with E-state index in [-0.39, 0.29) is 61.0 Å². The summed E-state index contributed by atoms with van der Waals surface area (Å²) in [5.41, 5.74) is -0.0102. The average molecular weight is 936 g/mol. The van der Waals surface area contributed by atoms with E-state index in [0.717, 1.165) is 22.7 Å². The molecule has 2 fully saturated rings. The molecule has 3 heterocycles. The topological polar surface area (TPSA) is 192 Å². The van der Waals surface area contributed by atoms with E-state index in [1.165, 1.54) is 52.9 Å². The Morgan fingerprint density at radius 1 is 0.919 bits per heavy atom. The van der Waals surface area contributed by atoms with Crippen LogP contribution in [-0.4, -0.2) is 101 Å². The number of carbonyl (C=O) groups excluding carboxylic acids is 3. The Hall–Kier alpha value is -3.57. The number of phosphoric ester groups is 1. The number of benzene rings is 2. The molecule has 0 radical (unpaired) electrons. The molecular formula is C42H51FN3O12PS3. The van der Waals surface area contributed by atoms with Gasteiger partial charge in [-0.05, 0) is 30.5 Å². The van der Waals surface area contributed by atoms with Crippen LogP contribution in [0.3, 0.4) is 0 Å². The second-order valence-corrected chi connectivity index (χ2v) is 20.1. The van der Waals surface area contributed by atoms with E-state index in [9.17, 15) is 23.7 Å². The Kier molecular flexibility index (Phi) is 19.5. The third kappa shape index (κ3) is 14.0. The lowest BCUT2D eigenvalue weighted by Crippen LogP contribution is -2.52. The summed E-state index contributed by atoms with van der Waals surface area (Å²) in [6.45, 7) is 6.95. The summed E-state index contributed by atoms with van der Waals surface area (Å²) in [6, 6.07) is 19.9. The highest BCUT2D eigenvalue weighted by molar-refractivity contribution is 8.76. The van der Waals surface area contributed by atoms with E-state index < -0.39 is 67.4 Å². The Balaban J connectivity index is 1.19. The van der Waals surface area contributed by atoms with E-state index in [4.69, 9.17) is 37.8 Å². The van der Waals surface area contributed by atoms with Crippen LogP contribution in [0.15, 0.2) is 77.7 Å². The van der Waals surface area contributed by atoms with Crippen molar-refractivity contribution in [2.24, 2.45) is 11.8 Å². The number of ketones is 1. The Labute approximate surface area is 372 Å². The predicted molar refractivity (Wildman–Crippen MR) is 233 cm³/mol. The number of esters is 2. The standard InChI is InChI=1S/C42H51FN3O12PS3/c1-5-34-27(2)28(3)37(56-29(4)47)41(57-34)52-21-23-60-61-24-22-54-59(51,53-20-12-18-44)55-26-35-38(58-40(49)31-15-10-7-11-16-31)36(43)39(62-35)46-19-17-32(45-42(46)50)25-33(48)30-13-8-6-9-14-30/h6-11,13-17,19,27-28,34-39,41H,5,12,20-26H2,1-4H3/t27-,28-,34?,35+,36-,37?,38+,39+,41+,59?/m0/s1. The van der Waals surface area contributed by atoms with E-state index in [0.29, 0.717) is 23.7 Å². The number of hydrogen-bond acceptors (Lipinski definition) is 17. The summed E-state index contributed by atoms with van der Waals surface area (Å²) < 4.78 is 71.5. The van der Waals surface area contributed by atoms with Gasteiger partial charge in [0, 0.05) is 36.1 Å². The van der Waals surface area contributed by atoms with Crippen LogP contribution in [0.5, 0.6) is 0 Å². The maximum absolute atomic E-state index is 16.5. The lowest BCUT2D eigenvalue weighted by Gasteiger charge is -2.43. The normalized spacial score (nSPS) is 25.6. The van der Waals surface area contributed by atoms with Crippen molar-refractivity contribution in [1.29, 1.82) is 5.26 Å². The van der Waals surface area contributed by atoms with Gasteiger partial charge in [-0.1, -0.05) is 90.9 Å². The first kappa shape index (κ1) is 49.4. The van der Waals surface area contributed by atoms with Crippen LogP contribution < -0.4 is 5.69 Å². The minimum atomic E-state index is -4.35. The van der Waals surface area contributed by atoms with Crippen molar-refractivity contribution >= 4 is 58.9 Å². The van der Waals surface area contributed by atoms with Gasteiger partial charge in [0.05, 0.1) is 67.9 Å². The first-order valence-corrected chi connectivity index (χ1v) is 25.0. The number of aromatic nitrogens is 2. The van der Waals surface area contributed by atoms with Crippen molar-refractivity contribution in [3.8, 4) is 6.07 Å². The number of Topliss-reactive ketones (excluding diaryl/α,β-unsaturated/α-hetero) is 1. The van der Waals surface area contributed by atoms with Crippen molar-refractivity contribution in [1.82, 2.24) is 9.55 Å². The van der Waals surface area contributed by atoms with Gasteiger partial charge in [0.25, 0.3) is 0 Å². The predicted octanol–water partition coefficient (Wildman–Crippen LogP) is 7.65. The number of nitriles is 1. The van der Waals surface area contributed by atoms with Crippen LogP contribution in [0, 0.1) is 23.2 Å². The first-order chi connectivity index (χ1) is 29.8. The van der Waals surface area contributed by atoms with Crippen molar-refractivity contribution in [2.75, 3.05) is 37.9 Å². The summed E-state index contributed by atoms with van der Waals surface area (Å²) in [6.07, 6.45) is -2.82. The molecule has 2 aliphatic rings. The van der Waals surface area contributed by atoms with Crippen molar-refractivity contribution < 1.29 is 55.9 Å². The molecule has 336 valence electrons. The van der Waals surface area contributed by atoms with E-state index in [1.807, 2.05) is 19.9 Å². The number of carbonyl (C=O) groups is 3. The fraction of sp³-hybridized carbons (Fsp3) is 0.524. The molecule has 0 spiro atoms. The van der Waals surface area contributed by atoms with Crippen LogP contribution >= 0.6 is 41.2 Å². The molecule has 0 bridgehead atoms. The minimum Gasteiger partial charge on any atom is -0.457 e. The quantitative estimate of drug-likeness (QED) is 0.0296. The van der Waals surface area contributed by atoms with Crippen molar-refractivity contribution in [2.45, 2.75) is 88.4 Å². The van der Waals surface area contributed by atoms with Crippen LogP contribution in [0.4, 0.5) is 4.39 Å². The van der Waals surface area contributed by atoms with Gasteiger partial charge < -0.3 is 18.9 Å². The second-order valence-electron chi connectivity index (χ2n) is 14.4. The molecule has 3 unspecified atom stereocenters. The van der Waals surface area contributed by atoms with Crippen molar-refractivity contribution in [3.63, 3.8) is 0 Å². The third-order valence-electron chi connectivity index (χ3n) is 10.1. The third-order valence-corrected chi connectivity index (χ3v) is 15.5. The smallest absolute Gasteiger partial charge is 0.457 e. The number of halogens is 1. The fourth-order valence-electron chi connectivity index (χ4n) is 6.78. The average Bonchev–Trinajstić information content (AvgIpc) is 3.57. The van der Waals surface area contributed by atoms with Gasteiger partial charge in [0.2, 0.25) is 0 Å². The summed E-state index contributed by atoms with van der Waals surface area (Å²) in [5, 5.41) is 6.84. The van der Waals surface area contributed by atoms with Crippen molar-refractivity contribution in [3.05, 3.63) is 100 Å². The zero-order valence-corrected chi connectivity index (χ0v) is 38.1. The lowest BCUT2D eigenvalue weighted by molar-refractivity contribution is -0.273. The lowest BCUT2D eigenvalue weighted by atomic mass is 9.82. The molecule has 2 aliphatic heterocycles. The number of ether oxygens (including phenoxy) is 4. The largest absolute Gasteiger partial charge is 0.474 e. The van der Waals surface area contributed by atoms with E-state index >= 15 is 4.39 Å². The molecule has 20 heteroatoms. The van der Waals surface area contributed by atoms with Gasteiger partial charge in [0.1, 0.15) is 5.37 Å². The highest BCUT2D eigenvalue weighted by Crippen LogP contribution is 2.52. The SMILES string of the molecule is CCC1O[C@@H](OCCSSCCOP(=O)(OCCC#N)OC[C@H]2S[C@@H](n3ccc(CC(=O)c4ccccc4)nc3=O)[C@@H](F)[C@@H]2OC(=O)c2ccccc2)C(OC(C)=O)[C@@H](C)[C@@H]1C. The number of alkyl halides is 1. The zero-order chi connectivity index (χ0) is 44.6. The molecule has 15 nitrogen and oxygen atoms in total. The number of nitrogens with zero attached hydrogens (tertiary/aromatic N) is 3. The highest BCUT2D eigenvalue weighted by atomic mass is 33.1. The number of rotatable bonds is 23. The molecule has 2 aromatic carbocycles. The van der Waals surface area contributed by atoms with Gasteiger partial charge in [0.15, 0.2) is 30.5 Å². The molecule has 1 aromatic heterocycles. The van der Waals surface area contributed by atoms with Crippen LogP contribution in [-0.2, 0) is 48.3 Å². The molecule has 10 atom stereocenters. The molecule has 5 rings (SSSR count). The molecule has 0 aliphatic carbocycles. The van der Waals surface area contributed by atoms with Gasteiger partial charge in [-0.25, -0.2) is 18.5 Å². The monoisotopic (exact) mass is 935 g/mol. The van der Waals surface area contributed by atoms with Gasteiger partial charge in [-0.3, -0.25) is 27.7 Å². The Bertz CT molecular complexity index is 2080. The molecule has 0 amide bonds. The van der Waals surface area contributed by atoms with Gasteiger partial charge in [-0.15, -0.1) is 11.8 Å². The molecular weight excluding hydrogens is 885 g/mol. The highest BCUT2D eigenvalue weighted by Gasteiger charge is 2.50. The number of phosphoric acid groups is 1. The molecule has 0 saturated carbocycles. The van der Waals surface area contributed by atoms with Crippen LogP contribution in [0.1, 0.15) is 72.3 Å². The molecule has 62 heavy (non-hydrogen) atoms. The Morgan fingerprint density at radius 2 is 1.58 bits per heavy atom.